The smallest absolute Gasteiger partial charge is 0.256 e. The molecule has 1 fully saturated rings. The van der Waals surface area contributed by atoms with Crippen LogP contribution in [0.15, 0.2) is 52.8 Å². The van der Waals surface area contributed by atoms with Gasteiger partial charge in [-0.3, -0.25) is 14.6 Å². The van der Waals surface area contributed by atoms with Gasteiger partial charge in [-0.1, -0.05) is 41.4 Å². The number of carbonyl (C=O) groups excluding carboxylic acids is 2. The van der Waals surface area contributed by atoms with Crippen LogP contribution in [-0.4, -0.2) is 53.5 Å². The van der Waals surface area contributed by atoms with E-state index in [1.165, 1.54) is 4.90 Å². The van der Waals surface area contributed by atoms with Crippen molar-refractivity contribution in [2.45, 2.75) is 51.4 Å². The van der Waals surface area contributed by atoms with E-state index in [0.29, 0.717) is 22.2 Å². The highest BCUT2D eigenvalue weighted by Gasteiger charge is 2.32. The summed E-state index contributed by atoms with van der Waals surface area (Å²) in [6, 6.07) is 9.44. The largest absolute Gasteiger partial charge is 0.381 e. The van der Waals surface area contributed by atoms with E-state index < -0.39 is 6.04 Å². The average molecular weight is 523 g/mol. The Balaban J connectivity index is 1.24. The predicted molar refractivity (Wildman–Crippen MR) is 141 cm³/mol. The summed E-state index contributed by atoms with van der Waals surface area (Å²) < 4.78 is 5.42. The number of aliphatic imine (C=N–C) groups is 1. The van der Waals surface area contributed by atoms with Crippen LogP contribution in [-0.2, 0) is 16.1 Å². The summed E-state index contributed by atoms with van der Waals surface area (Å²) in [4.78, 5) is 36.7. The fourth-order valence-corrected chi connectivity index (χ4v) is 5.03. The molecule has 2 atom stereocenters. The average Bonchev–Trinajstić information content (AvgIpc) is 3.20. The number of nitrogens with zero attached hydrogens (tertiary/aromatic N) is 3. The number of benzene rings is 1. The second kappa shape index (κ2) is 10.9. The van der Waals surface area contributed by atoms with Crippen LogP contribution in [0, 0.1) is 6.92 Å². The standard InChI is InChI=1S/C27H31ClN6O3/c1-16-4-3-5-18(10-16)17(2)31-24(35)15-34-14-23-21(26(34)36)11-19(12-29-23)25-22(28)13-30-27(33-25)32-20-6-8-37-9-7-20/h3-5,10-13,17,20,25H,6-9,14-15H2,1-2H3,(H,31,35)(H2,30,32,33)/t17-,25?/m1/s1. The van der Waals surface area contributed by atoms with Crippen LogP contribution in [0.2, 0.25) is 0 Å². The number of ether oxygens (including phenoxy) is 1. The Morgan fingerprint density at radius 2 is 2.11 bits per heavy atom. The highest BCUT2D eigenvalue weighted by Crippen LogP contribution is 2.32. The number of fused-ring (bicyclic) bond motifs is 1. The normalized spacial score (nSPS) is 20.5. The highest BCUT2D eigenvalue weighted by molar-refractivity contribution is 6.30. The van der Waals surface area contributed by atoms with E-state index in [0.717, 1.165) is 42.7 Å². The summed E-state index contributed by atoms with van der Waals surface area (Å²) in [5.41, 5.74) is 4.00. The number of hydrogen-bond acceptors (Lipinski definition) is 7. The fraction of sp³-hybridized carbons (Fsp3) is 0.407. The molecular formula is C27H31ClN6O3. The zero-order valence-corrected chi connectivity index (χ0v) is 21.7. The molecule has 3 N–H and O–H groups in total. The lowest BCUT2D eigenvalue weighted by atomic mass is 10.1. The summed E-state index contributed by atoms with van der Waals surface area (Å²) >= 11 is 6.49. The van der Waals surface area contributed by atoms with Gasteiger partial charge in [-0.05, 0) is 38.3 Å². The molecule has 9 nitrogen and oxygen atoms in total. The van der Waals surface area contributed by atoms with Gasteiger partial charge in [-0.2, -0.15) is 0 Å². The maximum absolute atomic E-state index is 13.2. The molecule has 1 aromatic carbocycles. The van der Waals surface area contributed by atoms with Gasteiger partial charge in [-0.25, -0.2) is 4.99 Å². The SMILES string of the molecule is Cc1cccc([C@@H](C)NC(=O)CN2Cc3ncc(C4N=C(NC5CCOCC5)NC=C4Cl)cc3C2=O)c1. The second-order valence-electron chi connectivity index (χ2n) is 9.71. The molecule has 1 aromatic heterocycles. The first-order chi connectivity index (χ1) is 17.9. The van der Waals surface area contributed by atoms with Crippen LogP contribution >= 0.6 is 11.6 Å². The zero-order valence-electron chi connectivity index (χ0n) is 21.0. The highest BCUT2D eigenvalue weighted by atomic mass is 35.5. The molecule has 3 aliphatic rings. The second-order valence-corrected chi connectivity index (χ2v) is 10.1. The number of aryl methyl sites for hydroxylation is 1. The molecule has 1 unspecified atom stereocenters. The van der Waals surface area contributed by atoms with Gasteiger partial charge in [0, 0.05) is 37.2 Å². The van der Waals surface area contributed by atoms with Crippen molar-refractivity contribution in [3.63, 3.8) is 0 Å². The number of nitrogens with one attached hydrogen (secondary N) is 3. The summed E-state index contributed by atoms with van der Waals surface area (Å²) in [7, 11) is 0. The molecule has 0 spiro atoms. The van der Waals surface area contributed by atoms with Crippen molar-refractivity contribution < 1.29 is 14.3 Å². The molecule has 0 saturated carbocycles. The predicted octanol–water partition coefficient (Wildman–Crippen LogP) is 3.07. The Labute approximate surface area is 221 Å². The first-order valence-electron chi connectivity index (χ1n) is 12.6. The van der Waals surface area contributed by atoms with Crippen LogP contribution < -0.4 is 16.0 Å². The molecule has 5 rings (SSSR count). The van der Waals surface area contributed by atoms with Gasteiger partial charge in [0.25, 0.3) is 5.91 Å². The lowest BCUT2D eigenvalue weighted by Gasteiger charge is -2.27. The van der Waals surface area contributed by atoms with Gasteiger partial charge in [0.05, 0.1) is 28.9 Å². The van der Waals surface area contributed by atoms with E-state index in [-0.39, 0.29) is 37.0 Å². The van der Waals surface area contributed by atoms with Gasteiger partial charge in [0.15, 0.2) is 5.96 Å². The monoisotopic (exact) mass is 522 g/mol. The first kappa shape index (κ1) is 25.2. The van der Waals surface area contributed by atoms with Crippen LogP contribution in [0.25, 0.3) is 0 Å². The Hall–Kier alpha value is -3.43. The third kappa shape index (κ3) is 5.78. The van der Waals surface area contributed by atoms with Crippen molar-refractivity contribution in [2.75, 3.05) is 19.8 Å². The molecule has 3 aliphatic heterocycles. The number of carbonyl (C=O) groups is 2. The van der Waals surface area contributed by atoms with E-state index in [1.54, 1.807) is 18.5 Å². The van der Waals surface area contributed by atoms with Crippen molar-refractivity contribution in [3.05, 3.63) is 75.7 Å². The van der Waals surface area contributed by atoms with Crippen LogP contribution in [0.4, 0.5) is 0 Å². The minimum absolute atomic E-state index is 0.0357. The quantitative estimate of drug-likeness (QED) is 0.538. The molecule has 4 heterocycles. The molecule has 10 heteroatoms. The first-order valence-corrected chi connectivity index (χ1v) is 12.9. The van der Waals surface area contributed by atoms with Crippen LogP contribution in [0.3, 0.4) is 0 Å². The van der Waals surface area contributed by atoms with Crippen molar-refractivity contribution >= 4 is 29.4 Å². The number of amides is 2. The molecular weight excluding hydrogens is 492 g/mol. The van der Waals surface area contributed by atoms with Crippen molar-refractivity contribution in [2.24, 2.45) is 4.99 Å². The lowest BCUT2D eigenvalue weighted by Crippen LogP contribution is -2.45. The third-order valence-corrected chi connectivity index (χ3v) is 7.16. The van der Waals surface area contributed by atoms with Crippen molar-refractivity contribution in [3.8, 4) is 0 Å². The van der Waals surface area contributed by atoms with Gasteiger partial charge in [0.1, 0.15) is 12.6 Å². The molecule has 0 bridgehead atoms. The van der Waals surface area contributed by atoms with Crippen LogP contribution in [0.5, 0.6) is 0 Å². The maximum Gasteiger partial charge on any atom is 0.256 e. The number of halogens is 1. The summed E-state index contributed by atoms with van der Waals surface area (Å²) in [6.07, 6.45) is 5.23. The Bertz CT molecular complexity index is 1260. The van der Waals surface area contributed by atoms with Gasteiger partial charge in [0.2, 0.25) is 5.91 Å². The number of guanidine groups is 1. The summed E-state index contributed by atoms with van der Waals surface area (Å²) in [6.45, 7) is 5.65. The number of hydrogen-bond donors (Lipinski definition) is 3. The summed E-state index contributed by atoms with van der Waals surface area (Å²) in [5.74, 6) is 0.198. The molecule has 2 amide bonds. The van der Waals surface area contributed by atoms with E-state index in [9.17, 15) is 9.59 Å². The minimum Gasteiger partial charge on any atom is -0.381 e. The van der Waals surface area contributed by atoms with Gasteiger partial charge < -0.3 is 25.6 Å². The molecule has 0 aliphatic carbocycles. The van der Waals surface area contributed by atoms with E-state index in [2.05, 4.69) is 20.9 Å². The topological polar surface area (TPSA) is 108 Å². The zero-order chi connectivity index (χ0) is 25.9. The van der Waals surface area contributed by atoms with E-state index in [1.807, 2.05) is 38.1 Å². The maximum atomic E-state index is 13.2. The van der Waals surface area contributed by atoms with Crippen molar-refractivity contribution in [1.29, 1.82) is 0 Å². The van der Waals surface area contributed by atoms with E-state index >= 15 is 0 Å². The van der Waals surface area contributed by atoms with Crippen molar-refractivity contribution in [1.82, 2.24) is 25.8 Å². The number of pyridine rings is 1. The Morgan fingerprint density at radius 1 is 1.30 bits per heavy atom. The van der Waals surface area contributed by atoms with Gasteiger partial charge in [-0.15, -0.1) is 0 Å². The number of aromatic nitrogens is 1. The molecule has 0 radical (unpaired) electrons. The molecule has 37 heavy (non-hydrogen) atoms. The molecule has 2 aromatic rings. The van der Waals surface area contributed by atoms with Crippen LogP contribution in [0.1, 0.15) is 64.6 Å². The minimum atomic E-state index is -0.469. The molecule has 1 saturated heterocycles. The fourth-order valence-electron chi connectivity index (χ4n) is 4.80. The Kier molecular flexibility index (Phi) is 7.43. The summed E-state index contributed by atoms with van der Waals surface area (Å²) in [5, 5.41) is 10.0. The number of rotatable bonds is 6. The Morgan fingerprint density at radius 3 is 2.89 bits per heavy atom. The van der Waals surface area contributed by atoms with Gasteiger partial charge >= 0.3 is 0 Å². The lowest BCUT2D eigenvalue weighted by molar-refractivity contribution is -0.122. The molecule has 194 valence electrons. The third-order valence-electron chi connectivity index (χ3n) is 6.85. The van der Waals surface area contributed by atoms with E-state index in [4.69, 9.17) is 21.3 Å².